The number of alkyl halides is 3. The van der Waals surface area contributed by atoms with Crippen molar-refractivity contribution in [3.05, 3.63) is 60.7 Å². The Hall–Kier alpha value is -1.62. The van der Waals surface area contributed by atoms with Crippen molar-refractivity contribution < 1.29 is 53.5 Å². The fourth-order valence-electron chi connectivity index (χ4n) is 3.31. The summed E-state index contributed by atoms with van der Waals surface area (Å²) >= 11 is 0.611. The van der Waals surface area contributed by atoms with Gasteiger partial charge in [-0.3, -0.25) is 4.98 Å². The summed E-state index contributed by atoms with van der Waals surface area (Å²) in [6.45, 7) is 5.60. The molecule has 0 unspecified atom stereocenters. The second kappa shape index (κ2) is 11.3. The van der Waals surface area contributed by atoms with Gasteiger partial charge in [0.05, 0.1) is 25.1 Å². The molecule has 1 saturated carbocycles. The second-order valence-electron chi connectivity index (χ2n) is 7.02. The summed E-state index contributed by atoms with van der Waals surface area (Å²) < 4.78 is 82.8. The van der Waals surface area contributed by atoms with Gasteiger partial charge in [0.25, 0.3) is 0 Å². The Labute approximate surface area is 187 Å². The predicted octanol–water partition coefficient (Wildman–Crippen LogP) is 5.48. The van der Waals surface area contributed by atoms with Crippen molar-refractivity contribution in [1.29, 1.82) is 0 Å². The van der Waals surface area contributed by atoms with Crippen molar-refractivity contribution >= 4 is 0 Å². The normalized spacial score (nSPS) is 18.0. The molecule has 2 fully saturated rings. The van der Waals surface area contributed by atoms with Gasteiger partial charge in [0.15, 0.2) is 5.79 Å². The van der Waals surface area contributed by atoms with Crippen LogP contribution in [0.3, 0.4) is 0 Å². The molecule has 0 atom stereocenters. The van der Waals surface area contributed by atoms with E-state index in [4.69, 9.17) is 13.0 Å². The quantitative estimate of drug-likeness (QED) is 0.314. The summed E-state index contributed by atoms with van der Waals surface area (Å²) in [5.74, 6) is -1.48. The molecule has 4 rings (SSSR count). The third-order valence-electron chi connectivity index (χ3n) is 4.87. The Bertz CT molecular complexity index is 849. The van der Waals surface area contributed by atoms with Crippen LogP contribution in [0.2, 0.25) is 0 Å². The van der Waals surface area contributed by atoms with Gasteiger partial charge in [0, 0.05) is 6.07 Å². The standard InChI is InChI=1S/C12H5F5N.C9H15O2.O.Os/c13-9-5-10(14)11(18-6-9)7-2-1-3-8(4-7)12(15,16)17;1-8-2-4-9(5-3-8)10-6-7-11-9;;/h1-2,4-6H;8H,1-7H2;;/q2*-1;;. The number of halogens is 5. The van der Waals surface area contributed by atoms with Crippen LogP contribution < -0.4 is 0 Å². The summed E-state index contributed by atoms with van der Waals surface area (Å²) in [7, 11) is 0. The third kappa shape index (κ3) is 7.20. The van der Waals surface area contributed by atoms with Gasteiger partial charge in [-0.15, -0.1) is 11.6 Å². The van der Waals surface area contributed by atoms with Crippen LogP contribution in [0.4, 0.5) is 22.0 Å². The first-order valence-corrected chi connectivity index (χ1v) is 10.4. The molecule has 0 amide bonds. The Balaban J connectivity index is 0.000000224. The Morgan fingerprint density at radius 1 is 1.13 bits per heavy atom. The monoisotopic (exact) mass is 621 g/mol. The van der Waals surface area contributed by atoms with Crippen LogP contribution in [0.1, 0.15) is 31.2 Å². The molecule has 2 aromatic rings. The van der Waals surface area contributed by atoms with E-state index in [9.17, 15) is 22.0 Å². The number of hydrogen-bond donors (Lipinski definition) is 0. The van der Waals surface area contributed by atoms with Crippen LogP contribution in [-0.2, 0) is 37.7 Å². The summed E-state index contributed by atoms with van der Waals surface area (Å²) in [5.41, 5.74) is -1.46. The van der Waals surface area contributed by atoms with E-state index in [0.717, 1.165) is 51.2 Å². The molecule has 1 spiro atoms. The van der Waals surface area contributed by atoms with Crippen LogP contribution in [0.25, 0.3) is 11.3 Å². The summed E-state index contributed by atoms with van der Waals surface area (Å²) in [4.78, 5) is 3.44. The average Bonchev–Trinajstić information content (AvgIpc) is 3.20. The molecule has 0 radical (unpaired) electrons. The SMILES string of the molecule is Fc1cnc(-c2cc[c-]c(C(F)(F)F)c2)c(F)c1.[CH2-]C1CCC2(CC1)OCCO2.[O]=[Os]. The average molecular weight is 620 g/mol. The summed E-state index contributed by atoms with van der Waals surface area (Å²) in [6, 6.07) is 5.51. The molecular formula is C21H20F5NO3Os-2. The van der Waals surface area contributed by atoms with Crippen molar-refractivity contribution in [3.63, 3.8) is 0 Å². The first-order chi connectivity index (χ1) is 14.7. The van der Waals surface area contributed by atoms with Crippen LogP contribution in [-0.4, -0.2) is 24.0 Å². The van der Waals surface area contributed by atoms with E-state index in [1.165, 1.54) is 6.07 Å². The predicted molar refractivity (Wildman–Crippen MR) is 96.1 cm³/mol. The molecule has 4 nitrogen and oxygen atoms in total. The zero-order valence-electron chi connectivity index (χ0n) is 16.3. The van der Waals surface area contributed by atoms with E-state index in [1.807, 2.05) is 6.07 Å². The van der Waals surface area contributed by atoms with Crippen molar-refractivity contribution in [2.75, 3.05) is 13.2 Å². The molecule has 10 heteroatoms. The fraction of sp³-hybridized carbons (Fsp3) is 0.429. The summed E-state index contributed by atoms with van der Waals surface area (Å²) in [6.07, 6.45) is 0.553. The van der Waals surface area contributed by atoms with Crippen LogP contribution in [0.15, 0.2) is 30.5 Å². The molecule has 1 aromatic carbocycles. The van der Waals surface area contributed by atoms with Crippen molar-refractivity contribution in [2.24, 2.45) is 5.92 Å². The number of rotatable bonds is 1. The molecule has 1 aromatic heterocycles. The van der Waals surface area contributed by atoms with E-state index >= 15 is 0 Å². The fourth-order valence-corrected chi connectivity index (χ4v) is 3.31. The van der Waals surface area contributed by atoms with Gasteiger partial charge in [-0.2, -0.15) is 37.3 Å². The van der Waals surface area contributed by atoms with Gasteiger partial charge < -0.3 is 16.4 Å². The number of ether oxygens (including phenoxy) is 2. The van der Waals surface area contributed by atoms with Crippen molar-refractivity contribution in [1.82, 2.24) is 4.98 Å². The van der Waals surface area contributed by atoms with E-state index < -0.39 is 23.4 Å². The molecule has 0 N–H and O–H groups in total. The Kier molecular flexibility index (Phi) is 9.35. The van der Waals surface area contributed by atoms with Crippen LogP contribution in [0.5, 0.6) is 0 Å². The topological polar surface area (TPSA) is 48.4 Å². The van der Waals surface area contributed by atoms with E-state index in [0.29, 0.717) is 36.6 Å². The van der Waals surface area contributed by atoms with E-state index in [-0.39, 0.29) is 17.0 Å². The summed E-state index contributed by atoms with van der Waals surface area (Å²) in [5, 5.41) is 0. The van der Waals surface area contributed by atoms with E-state index in [1.54, 1.807) is 0 Å². The second-order valence-corrected chi connectivity index (χ2v) is 7.02. The van der Waals surface area contributed by atoms with Crippen molar-refractivity contribution in [2.45, 2.75) is 37.6 Å². The van der Waals surface area contributed by atoms with Gasteiger partial charge in [-0.1, -0.05) is 18.4 Å². The number of benzene rings is 1. The van der Waals surface area contributed by atoms with Gasteiger partial charge in [-0.25, -0.2) is 8.78 Å². The molecule has 1 aliphatic carbocycles. The molecule has 2 heterocycles. The Morgan fingerprint density at radius 2 is 1.74 bits per heavy atom. The van der Waals surface area contributed by atoms with Gasteiger partial charge in [0.1, 0.15) is 11.6 Å². The molecule has 0 bridgehead atoms. The van der Waals surface area contributed by atoms with Gasteiger partial charge >= 0.3 is 28.3 Å². The zero-order valence-corrected chi connectivity index (χ0v) is 18.9. The van der Waals surface area contributed by atoms with Crippen LogP contribution >= 0.6 is 0 Å². The molecular weight excluding hydrogens is 599 g/mol. The Morgan fingerprint density at radius 3 is 2.29 bits per heavy atom. The van der Waals surface area contributed by atoms with Gasteiger partial charge in [0.2, 0.25) is 0 Å². The van der Waals surface area contributed by atoms with Crippen molar-refractivity contribution in [3.8, 4) is 11.3 Å². The number of pyridine rings is 1. The first-order valence-electron chi connectivity index (χ1n) is 9.34. The maximum absolute atomic E-state index is 13.4. The zero-order chi connectivity index (χ0) is 23.1. The maximum atomic E-state index is 13.4. The number of nitrogens with zero attached hydrogens (tertiary/aromatic N) is 1. The number of aromatic nitrogens is 1. The first kappa shape index (κ1) is 25.6. The third-order valence-corrected chi connectivity index (χ3v) is 4.87. The number of hydrogen-bond acceptors (Lipinski definition) is 4. The molecule has 172 valence electrons. The minimum atomic E-state index is -4.58. The van der Waals surface area contributed by atoms with Crippen LogP contribution in [0, 0.1) is 30.5 Å². The van der Waals surface area contributed by atoms with Gasteiger partial charge in [-0.05, 0) is 12.8 Å². The minimum absolute atomic E-state index is 0.0847. The molecule has 31 heavy (non-hydrogen) atoms. The molecule has 1 aliphatic heterocycles. The molecule has 1 saturated heterocycles. The molecule has 2 aliphatic rings. The van der Waals surface area contributed by atoms with E-state index in [2.05, 4.69) is 11.9 Å².